The topological polar surface area (TPSA) is 37.4 Å². The third-order valence-electron chi connectivity index (χ3n) is 4.99. The minimum atomic E-state index is 0.508. The Morgan fingerprint density at radius 1 is 1.24 bits per heavy atom. The van der Waals surface area contributed by atoms with E-state index in [1.165, 1.54) is 36.1 Å². The standard InChI is InChI=1S/C21H29N3O/c1-16-11-18(13-22-14-20-8-6-10-24(20)3)12-17(2)21(16)25-15-19-7-4-5-9-23-19/h4-5,7,9,11-12,20,22H,6,8,10,13-15H2,1-3H3. The van der Waals surface area contributed by atoms with E-state index >= 15 is 0 Å². The maximum atomic E-state index is 6.02. The van der Waals surface area contributed by atoms with Crippen LogP contribution in [0, 0.1) is 13.8 Å². The molecule has 1 aromatic carbocycles. The summed E-state index contributed by atoms with van der Waals surface area (Å²) in [5.41, 5.74) is 4.64. The van der Waals surface area contributed by atoms with E-state index in [1.54, 1.807) is 6.20 Å². The fourth-order valence-corrected chi connectivity index (χ4v) is 3.62. The molecule has 0 aliphatic carbocycles. The predicted octanol–water partition coefficient (Wildman–Crippen LogP) is 3.46. The predicted molar refractivity (Wildman–Crippen MR) is 102 cm³/mol. The normalized spacial score (nSPS) is 17.8. The van der Waals surface area contributed by atoms with Crippen molar-refractivity contribution in [1.82, 2.24) is 15.2 Å². The van der Waals surface area contributed by atoms with Crippen molar-refractivity contribution in [1.29, 1.82) is 0 Å². The molecule has 0 saturated carbocycles. The molecular weight excluding hydrogens is 310 g/mol. The van der Waals surface area contributed by atoms with Crippen LogP contribution >= 0.6 is 0 Å². The first-order valence-corrected chi connectivity index (χ1v) is 9.17. The summed E-state index contributed by atoms with van der Waals surface area (Å²) in [5, 5.41) is 3.61. The zero-order valence-electron chi connectivity index (χ0n) is 15.6. The molecule has 1 unspecified atom stereocenters. The van der Waals surface area contributed by atoms with Gasteiger partial charge in [0, 0.05) is 25.3 Å². The van der Waals surface area contributed by atoms with Gasteiger partial charge in [0.2, 0.25) is 0 Å². The van der Waals surface area contributed by atoms with E-state index in [9.17, 15) is 0 Å². The number of hydrogen-bond donors (Lipinski definition) is 1. The second-order valence-corrected chi connectivity index (χ2v) is 7.08. The maximum absolute atomic E-state index is 6.02. The molecule has 134 valence electrons. The van der Waals surface area contributed by atoms with Crippen LogP contribution in [0.4, 0.5) is 0 Å². The monoisotopic (exact) mass is 339 g/mol. The third-order valence-corrected chi connectivity index (χ3v) is 4.99. The van der Waals surface area contributed by atoms with Crippen molar-refractivity contribution >= 4 is 0 Å². The highest BCUT2D eigenvalue weighted by atomic mass is 16.5. The minimum absolute atomic E-state index is 0.508. The van der Waals surface area contributed by atoms with Gasteiger partial charge in [-0.05, 0) is 69.1 Å². The van der Waals surface area contributed by atoms with Gasteiger partial charge in [0.15, 0.2) is 0 Å². The highest BCUT2D eigenvalue weighted by Crippen LogP contribution is 2.25. The molecule has 1 aliphatic heterocycles. The van der Waals surface area contributed by atoms with Gasteiger partial charge in [0.1, 0.15) is 12.4 Å². The molecule has 0 bridgehead atoms. The Bertz CT molecular complexity index is 664. The molecular formula is C21H29N3O. The van der Waals surface area contributed by atoms with Crippen LogP contribution in [0.5, 0.6) is 5.75 Å². The Hall–Kier alpha value is -1.91. The number of aromatic nitrogens is 1. The molecule has 0 amide bonds. The first-order chi connectivity index (χ1) is 12.1. The fourth-order valence-electron chi connectivity index (χ4n) is 3.62. The molecule has 4 nitrogen and oxygen atoms in total. The molecule has 1 fully saturated rings. The Labute approximate surface area is 151 Å². The molecule has 2 aromatic rings. The van der Waals surface area contributed by atoms with Crippen LogP contribution in [0.2, 0.25) is 0 Å². The lowest BCUT2D eigenvalue weighted by Gasteiger charge is -2.20. The van der Waals surface area contributed by atoms with E-state index in [0.29, 0.717) is 12.6 Å². The Morgan fingerprint density at radius 2 is 2.04 bits per heavy atom. The Morgan fingerprint density at radius 3 is 2.68 bits per heavy atom. The molecule has 25 heavy (non-hydrogen) atoms. The van der Waals surface area contributed by atoms with Gasteiger partial charge in [0.25, 0.3) is 0 Å². The number of nitrogens with one attached hydrogen (secondary N) is 1. The van der Waals surface area contributed by atoms with Crippen molar-refractivity contribution in [2.45, 2.75) is 45.9 Å². The third kappa shape index (κ3) is 4.80. The smallest absolute Gasteiger partial charge is 0.130 e. The number of likely N-dealkylation sites (N-methyl/N-ethyl adjacent to an activating group) is 1. The first kappa shape index (κ1) is 17.9. The number of rotatable bonds is 7. The zero-order chi connectivity index (χ0) is 17.6. The average Bonchev–Trinajstić information content (AvgIpc) is 3.00. The van der Waals surface area contributed by atoms with Crippen LogP contribution < -0.4 is 10.1 Å². The number of aryl methyl sites for hydroxylation is 2. The van der Waals surface area contributed by atoms with E-state index in [-0.39, 0.29) is 0 Å². The van der Waals surface area contributed by atoms with E-state index in [2.05, 4.69) is 48.2 Å². The highest BCUT2D eigenvalue weighted by molar-refractivity contribution is 5.43. The number of ether oxygens (including phenoxy) is 1. The molecule has 1 aromatic heterocycles. The lowest BCUT2D eigenvalue weighted by molar-refractivity contribution is 0.296. The molecule has 1 saturated heterocycles. The lowest BCUT2D eigenvalue weighted by Crippen LogP contribution is -2.35. The second kappa shape index (κ2) is 8.45. The Balaban J connectivity index is 1.56. The van der Waals surface area contributed by atoms with Crippen LogP contribution in [-0.4, -0.2) is 36.1 Å². The molecule has 3 rings (SSSR count). The number of hydrogen-bond acceptors (Lipinski definition) is 4. The summed E-state index contributed by atoms with van der Waals surface area (Å²) < 4.78 is 6.02. The van der Waals surface area contributed by atoms with Gasteiger partial charge in [0.05, 0.1) is 5.69 Å². The van der Waals surface area contributed by atoms with Crippen LogP contribution in [0.25, 0.3) is 0 Å². The number of likely N-dealkylation sites (tertiary alicyclic amines) is 1. The van der Waals surface area contributed by atoms with E-state index in [1.807, 2.05) is 18.2 Å². The van der Waals surface area contributed by atoms with Crippen molar-refractivity contribution in [3.63, 3.8) is 0 Å². The van der Waals surface area contributed by atoms with E-state index in [0.717, 1.165) is 24.5 Å². The van der Waals surface area contributed by atoms with Crippen molar-refractivity contribution in [3.05, 3.63) is 58.9 Å². The molecule has 1 atom stereocenters. The van der Waals surface area contributed by atoms with Crippen molar-refractivity contribution in [2.24, 2.45) is 0 Å². The maximum Gasteiger partial charge on any atom is 0.130 e. The summed E-state index contributed by atoms with van der Waals surface area (Å²) in [4.78, 5) is 6.77. The largest absolute Gasteiger partial charge is 0.487 e. The van der Waals surface area contributed by atoms with Gasteiger partial charge < -0.3 is 15.0 Å². The van der Waals surface area contributed by atoms with Gasteiger partial charge in [-0.25, -0.2) is 0 Å². The lowest BCUT2D eigenvalue weighted by atomic mass is 10.1. The minimum Gasteiger partial charge on any atom is -0.487 e. The number of nitrogens with zero attached hydrogens (tertiary/aromatic N) is 2. The number of pyridine rings is 1. The quantitative estimate of drug-likeness (QED) is 0.838. The summed E-state index contributed by atoms with van der Waals surface area (Å²) in [7, 11) is 2.22. The molecule has 1 N–H and O–H groups in total. The van der Waals surface area contributed by atoms with Gasteiger partial charge in [-0.2, -0.15) is 0 Å². The average molecular weight is 339 g/mol. The molecule has 4 heteroatoms. The number of benzene rings is 1. The summed E-state index contributed by atoms with van der Waals surface area (Å²) in [6, 6.07) is 11.0. The first-order valence-electron chi connectivity index (χ1n) is 9.17. The van der Waals surface area contributed by atoms with Crippen molar-refractivity contribution in [2.75, 3.05) is 20.1 Å². The van der Waals surface area contributed by atoms with Gasteiger partial charge >= 0.3 is 0 Å². The molecule has 0 spiro atoms. The van der Waals surface area contributed by atoms with Gasteiger partial charge in [-0.3, -0.25) is 4.98 Å². The van der Waals surface area contributed by atoms with Gasteiger partial charge in [-0.1, -0.05) is 18.2 Å². The van der Waals surface area contributed by atoms with Gasteiger partial charge in [-0.15, -0.1) is 0 Å². The SMILES string of the molecule is Cc1cc(CNCC2CCCN2C)cc(C)c1OCc1ccccn1. The van der Waals surface area contributed by atoms with Crippen molar-refractivity contribution in [3.8, 4) is 5.75 Å². The summed E-state index contributed by atoms with van der Waals surface area (Å²) in [5.74, 6) is 0.977. The Kier molecular flexibility index (Phi) is 6.05. The zero-order valence-corrected chi connectivity index (χ0v) is 15.6. The van der Waals surface area contributed by atoms with Crippen molar-refractivity contribution < 1.29 is 4.74 Å². The van der Waals surface area contributed by atoms with E-state index < -0.39 is 0 Å². The van der Waals surface area contributed by atoms with Crippen LogP contribution in [0.1, 0.15) is 35.2 Å². The molecule has 0 radical (unpaired) electrons. The van der Waals surface area contributed by atoms with Crippen LogP contribution in [0.3, 0.4) is 0 Å². The second-order valence-electron chi connectivity index (χ2n) is 7.08. The van der Waals surface area contributed by atoms with Crippen LogP contribution in [0.15, 0.2) is 36.5 Å². The highest BCUT2D eigenvalue weighted by Gasteiger charge is 2.19. The molecule has 2 heterocycles. The fraction of sp³-hybridized carbons (Fsp3) is 0.476. The summed E-state index contributed by atoms with van der Waals surface area (Å²) in [6.07, 6.45) is 4.43. The summed E-state index contributed by atoms with van der Waals surface area (Å²) >= 11 is 0. The van der Waals surface area contributed by atoms with Crippen LogP contribution in [-0.2, 0) is 13.2 Å². The molecule has 1 aliphatic rings. The summed E-state index contributed by atoms with van der Waals surface area (Å²) in [6.45, 7) is 7.95. The van der Waals surface area contributed by atoms with E-state index in [4.69, 9.17) is 4.74 Å².